The van der Waals surface area contributed by atoms with Crippen molar-refractivity contribution in [3.63, 3.8) is 0 Å². The molecule has 1 N–H and O–H groups in total. The van der Waals surface area contributed by atoms with Gasteiger partial charge in [0.2, 0.25) is 5.91 Å². The lowest BCUT2D eigenvalue weighted by molar-refractivity contribution is -0.116. The van der Waals surface area contributed by atoms with E-state index in [2.05, 4.69) is 41.5 Å². The zero-order chi connectivity index (χ0) is 21.5. The third-order valence-corrected chi connectivity index (χ3v) is 5.98. The van der Waals surface area contributed by atoms with E-state index in [1.165, 1.54) is 23.0 Å². The second-order valence-electron chi connectivity index (χ2n) is 7.23. The van der Waals surface area contributed by atoms with Gasteiger partial charge in [0.15, 0.2) is 0 Å². The van der Waals surface area contributed by atoms with Crippen molar-refractivity contribution in [3.05, 3.63) is 81.8 Å². The van der Waals surface area contributed by atoms with E-state index in [0.717, 1.165) is 21.3 Å². The number of rotatable bonds is 3. The first kappa shape index (κ1) is 19.5. The molecule has 1 atom stereocenters. The summed E-state index contributed by atoms with van der Waals surface area (Å²) in [5.74, 6) is 0.161. The Bertz CT molecular complexity index is 1300. The lowest BCUT2D eigenvalue weighted by Gasteiger charge is -2.24. The van der Waals surface area contributed by atoms with Crippen molar-refractivity contribution < 1.29 is 9.18 Å². The van der Waals surface area contributed by atoms with Gasteiger partial charge < -0.3 is 5.32 Å². The fraction of sp³-hybridized carbons (Fsp3) is 0.136. The largest absolute Gasteiger partial charge is 0.310 e. The average molecular weight is 479 g/mol. The van der Waals surface area contributed by atoms with E-state index in [-0.39, 0.29) is 23.6 Å². The smallest absolute Gasteiger partial charge is 0.272 e. The van der Waals surface area contributed by atoms with Gasteiger partial charge in [0.1, 0.15) is 11.6 Å². The molecule has 2 aromatic heterocycles. The lowest BCUT2D eigenvalue weighted by Crippen LogP contribution is -2.25. The SMILES string of the molecule is Cc1nn(-c2nncc(-c3ccc(F)cc3)n2)c2c1C(c1ccccc1Br)CC(=O)N2. The normalized spacial score (nSPS) is 15.5. The Labute approximate surface area is 185 Å². The Balaban J connectivity index is 1.63. The molecule has 1 amide bonds. The molecule has 154 valence electrons. The van der Waals surface area contributed by atoms with E-state index in [9.17, 15) is 9.18 Å². The van der Waals surface area contributed by atoms with Gasteiger partial charge in [-0.15, -0.1) is 5.10 Å². The molecule has 9 heteroatoms. The molecule has 0 spiro atoms. The van der Waals surface area contributed by atoms with Crippen LogP contribution in [0, 0.1) is 12.7 Å². The van der Waals surface area contributed by atoms with Crippen molar-refractivity contribution in [2.24, 2.45) is 0 Å². The number of hydrogen-bond acceptors (Lipinski definition) is 5. The monoisotopic (exact) mass is 478 g/mol. The van der Waals surface area contributed by atoms with Gasteiger partial charge >= 0.3 is 0 Å². The lowest BCUT2D eigenvalue weighted by atomic mass is 9.86. The highest BCUT2D eigenvalue weighted by molar-refractivity contribution is 9.10. The van der Waals surface area contributed by atoms with Crippen molar-refractivity contribution in [2.75, 3.05) is 5.32 Å². The first-order valence-corrected chi connectivity index (χ1v) is 10.4. The maximum absolute atomic E-state index is 13.3. The first-order chi connectivity index (χ1) is 15.0. The molecule has 31 heavy (non-hydrogen) atoms. The Morgan fingerprint density at radius 3 is 2.71 bits per heavy atom. The van der Waals surface area contributed by atoms with Crippen molar-refractivity contribution in [2.45, 2.75) is 19.3 Å². The zero-order valence-electron chi connectivity index (χ0n) is 16.4. The van der Waals surface area contributed by atoms with Crippen LogP contribution in [0.25, 0.3) is 17.2 Å². The fourth-order valence-electron chi connectivity index (χ4n) is 3.86. The summed E-state index contributed by atoms with van der Waals surface area (Å²) in [7, 11) is 0. The molecule has 0 aliphatic carbocycles. The molecule has 0 fully saturated rings. The standard InChI is InChI=1S/C22H16BrFN6O/c1-12-20-16(15-4-2-3-5-17(15)23)10-19(31)27-21(20)30(29-12)22-26-18(11-25-28-22)13-6-8-14(24)9-7-13/h2-9,11,16H,10H2,1H3,(H,27,31). The van der Waals surface area contributed by atoms with Crippen LogP contribution in [0.4, 0.5) is 10.2 Å². The number of amides is 1. The van der Waals surface area contributed by atoms with Gasteiger partial charge in [-0.25, -0.2) is 9.37 Å². The van der Waals surface area contributed by atoms with Crippen LogP contribution in [-0.2, 0) is 4.79 Å². The van der Waals surface area contributed by atoms with E-state index in [1.807, 2.05) is 31.2 Å². The molecule has 0 saturated carbocycles. The first-order valence-electron chi connectivity index (χ1n) is 9.61. The van der Waals surface area contributed by atoms with E-state index in [0.29, 0.717) is 23.5 Å². The minimum Gasteiger partial charge on any atom is -0.310 e. The molecular formula is C22H16BrFN6O. The average Bonchev–Trinajstić information content (AvgIpc) is 3.10. The molecular weight excluding hydrogens is 463 g/mol. The summed E-state index contributed by atoms with van der Waals surface area (Å²) in [5, 5.41) is 15.7. The summed E-state index contributed by atoms with van der Waals surface area (Å²) in [4.78, 5) is 17.1. The summed E-state index contributed by atoms with van der Waals surface area (Å²) < 4.78 is 15.7. The number of aryl methyl sites for hydroxylation is 1. The predicted molar refractivity (Wildman–Crippen MR) is 116 cm³/mol. The number of fused-ring (bicyclic) bond motifs is 1. The number of carbonyl (C=O) groups excluding carboxylic acids is 1. The van der Waals surface area contributed by atoms with Gasteiger partial charge in [-0.05, 0) is 42.8 Å². The topological polar surface area (TPSA) is 85.6 Å². The van der Waals surface area contributed by atoms with Gasteiger partial charge in [0.25, 0.3) is 5.95 Å². The van der Waals surface area contributed by atoms with E-state index in [4.69, 9.17) is 0 Å². The molecule has 2 aromatic carbocycles. The summed E-state index contributed by atoms with van der Waals surface area (Å²) in [6, 6.07) is 13.8. The van der Waals surface area contributed by atoms with Crippen LogP contribution in [-0.4, -0.2) is 30.9 Å². The fourth-order valence-corrected chi connectivity index (χ4v) is 4.42. The molecule has 1 aliphatic rings. The maximum Gasteiger partial charge on any atom is 0.272 e. The molecule has 5 rings (SSSR count). The Kier molecular flexibility index (Phi) is 4.82. The number of halogens is 2. The predicted octanol–water partition coefficient (Wildman–Crippen LogP) is 4.41. The van der Waals surface area contributed by atoms with Gasteiger partial charge in [0, 0.05) is 27.9 Å². The van der Waals surface area contributed by atoms with Crippen LogP contribution in [0.3, 0.4) is 0 Å². The number of aromatic nitrogens is 5. The highest BCUT2D eigenvalue weighted by Gasteiger charge is 2.34. The van der Waals surface area contributed by atoms with Crippen molar-refractivity contribution in [1.82, 2.24) is 25.0 Å². The van der Waals surface area contributed by atoms with Gasteiger partial charge in [-0.3, -0.25) is 4.79 Å². The van der Waals surface area contributed by atoms with Crippen molar-refractivity contribution >= 4 is 27.7 Å². The second kappa shape index (κ2) is 7.66. The quantitative estimate of drug-likeness (QED) is 0.471. The maximum atomic E-state index is 13.3. The number of carbonyl (C=O) groups is 1. The third-order valence-electron chi connectivity index (χ3n) is 5.26. The van der Waals surface area contributed by atoms with Gasteiger partial charge in [-0.2, -0.15) is 14.9 Å². The molecule has 7 nitrogen and oxygen atoms in total. The molecule has 4 aromatic rings. The molecule has 0 saturated heterocycles. The van der Waals surface area contributed by atoms with Crippen LogP contribution in [0.5, 0.6) is 0 Å². The number of nitrogens with one attached hydrogen (secondary N) is 1. The minimum atomic E-state index is -0.330. The number of anilines is 1. The Morgan fingerprint density at radius 1 is 1.16 bits per heavy atom. The van der Waals surface area contributed by atoms with Gasteiger partial charge in [0.05, 0.1) is 17.6 Å². The van der Waals surface area contributed by atoms with E-state index in [1.54, 1.807) is 12.1 Å². The molecule has 0 radical (unpaired) electrons. The molecule has 0 bridgehead atoms. The van der Waals surface area contributed by atoms with Crippen molar-refractivity contribution in [1.29, 1.82) is 0 Å². The molecule has 1 aliphatic heterocycles. The summed E-state index contributed by atoms with van der Waals surface area (Å²) >= 11 is 3.60. The zero-order valence-corrected chi connectivity index (χ0v) is 18.0. The summed E-state index contributed by atoms with van der Waals surface area (Å²) in [5.41, 5.74) is 3.93. The Hall–Kier alpha value is -3.46. The highest BCUT2D eigenvalue weighted by atomic mass is 79.9. The summed E-state index contributed by atoms with van der Waals surface area (Å²) in [6.07, 6.45) is 1.82. The number of hydrogen-bond donors (Lipinski definition) is 1. The van der Waals surface area contributed by atoms with Crippen LogP contribution in [0.1, 0.15) is 29.2 Å². The van der Waals surface area contributed by atoms with E-state index < -0.39 is 0 Å². The third kappa shape index (κ3) is 3.50. The highest BCUT2D eigenvalue weighted by Crippen LogP contribution is 2.42. The van der Waals surface area contributed by atoms with Crippen LogP contribution >= 0.6 is 15.9 Å². The second-order valence-corrected chi connectivity index (χ2v) is 8.09. The van der Waals surface area contributed by atoms with E-state index >= 15 is 0 Å². The minimum absolute atomic E-state index is 0.114. The van der Waals surface area contributed by atoms with Crippen LogP contribution in [0.15, 0.2) is 59.2 Å². The van der Waals surface area contributed by atoms with Crippen molar-refractivity contribution in [3.8, 4) is 17.2 Å². The van der Waals surface area contributed by atoms with Crippen LogP contribution < -0.4 is 5.32 Å². The Morgan fingerprint density at radius 2 is 1.94 bits per heavy atom. The molecule has 3 heterocycles. The van der Waals surface area contributed by atoms with Gasteiger partial charge in [-0.1, -0.05) is 34.1 Å². The van der Waals surface area contributed by atoms with Crippen LogP contribution in [0.2, 0.25) is 0 Å². The number of nitrogens with zero attached hydrogens (tertiary/aromatic N) is 5. The number of benzene rings is 2. The molecule has 1 unspecified atom stereocenters. The summed E-state index contributed by atoms with van der Waals surface area (Å²) in [6.45, 7) is 1.90.